The van der Waals surface area contributed by atoms with Crippen molar-refractivity contribution < 1.29 is 23.5 Å². The third-order valence-corrected chi connectivity index (χ3v) is 3.54. The van der Waals surface area contributed by atoms with E-state index in [2.05, 4.69) is 10.9 Å². The molecule has 2 N–H and O–H groups in total. The number of hydrogen-bond acceptors (Lipinski definition) is 4. The van der Waals surface area contributed by atoms with E-state index in [1.165, 1.54) is 44.6 Å². The van der Waals surface area contributed by atoms with Gasteiger partial charge in [-0.25, -0.2) is 4.39 Å². The smallest absolute Gasteiger partial charge is 0.273 e. The van der Waals surface area contributed by atoms with E-state index in [0.717, 1.165) is 6.08 Å². The summed E-state index contributed by atoms with van der Waals surface area (Å²) >= 11 is 5.86. The Labute approximate surface area is 154 Å². The first-order valence-corrected chi connectivity index (χ1v) is 7.78. The van der Waals surface area contributed by atoms with Crippen LogP contribution in [0.25, 0.3) is 6.08 Å². The number of methoxy groups -OCH3 is 2. The van der Waals surface area contributed by atoms with Gasteiger partial charge < -0.3 is 9.47 Å². The molecule has 0 saturated carbocycles. The van der Waals surface area contributed by atoms with Gasteiger partial charge in [-0.15, -0.1) is 0 Å². The molecule has 2 rings (SSSR count). The first kappa shape index (κ1) is 19.3. The van der Waals surface area contributed by atoms with Gasteiger partial charge in [0, 0.05) is 11.1 Å². The molecule has 0 aromatic heterocycles. The molecule has 0 aliphatic carbocycles. The van der Waals surface area contributed by atoms with Gasteiger partial charge in [-0.2, -0.15) is 0 Å². The van der Waals surface area contributed by atoms with E-state index in [-0.39, 0.29) is 11.3 Å². The van der Waals surface area contributed by atoms with Crippen molar-refractivity contribution in [1.29, 1.82) is 0 Å². The molecule has 0 bridgehead atoms. The van der Waals surface area contributed by atoms with Crippen LogP contribution in [0.4, 0.5) is 4.39 Å². The van der Waals surface area contributed by atoms with Crippen LogP contribution in [0.3, 0.4) is 0 Å². The molecule has 0 unspecified atom stereocenters. The maximum Gasteiger partial charge on any atom is 0.273 e. The molecule has 8 heteroatoms. The minimum absolute atomic E-state index is 0.106. The molecular formula is C18H16ClFN2O4. The monoisotopic (exact) mass is 378 g/mol. The number of carbonyl (C=O) groups is 2. The summed E-state index contributed by atoms with van der Waals surface area (Å²) in [5.74, 6) is -1.33. The fraction of sp³-hybridized carbons (Fsp3) is 0.111. The predicted molar refractivity (Wildman–Crippen MR) is 95.6 cm³/mol. The van der Waals surface area contributed by atoms with Crippen molar-refractivity contribution in [3.8, 4) is 11.5 Å². The van der Waals surface area contributed by atoms with Gasteiger partial charge in [0.1, 0.15) is 5.75 Å². The number of hydrazine groups is 1. The maximum absolute atomic E-state index is 13.6. The minimum atomic E-state index is -0.601. The van der Waals surface area contributed by atoms with E-state index in [4.69, 9.17) is 21.1 Å². The van der Waals surface area contributed by atoms with Crippen LogP contribution >= 0.6 is 11.6 Å². The summed E-state index contributed by atoms with van der Waals surface area (Å²) in [5.41, 5.74) is 5.09. The second kappa shape index (κ2) is 8.87. The number of carbonyl (C=O) groups excluding carboxylic acids is 2. The fourth-order valence-electron chi connectivity index (χ4n) is 2.04. The molecule has 0 spiro atoms. The average molecular weight is 379 g/mol. The van der Waals surface area contributed by atoms with Gasteiger partial charge in [-0.05, 0) is 42.0 Å². The molecule has 2 aromatic rings. The summed E-state index contributed by atoms with van der Waals surface area (Å²) in [6.07, 6.45) is 2.54. The average Bonchev–Trinajstić information content (AvgIpc) is 2.64. The highest BCUT2D eigenvalue weighted by Crippen LogP contribution is 2.22. The number of benzene rings is 2. The zero-order valence-electron chi connectivity index (χ0n) is 14.0. The zero-order chi connectivity index (χ0) is 19.1. The SMILES string of the molecule is COc1ccc(/C=C/C(=O)NNC(=O)c2cc(Cl)ccc2OC)cc1F. The van der Waals surface area contributed by atoms with Crippen LogP contribution in [0, 0.1) is 5.82 Å². The van der Waals surface area contributed by atoms with Crippen molar-refractivity contribution >= 4 is 29.5 Å². The van der Waals surface area contributed by atoms with Gasteiger partial charge in [0.15, 0.2) is 11.6 Å². The number of ether oxygens (including phenoxy) is 2. The van der Waals surface area contributed by atoms with Crippen molar-refractivity contribution in [3.63, 3.8) is 0 Å². The van der Waals surface area contributed by atoms with E-state index < -0.39 is 17.6 Å². The van der Waals surface area contributed by atoms with Crippen molar-refractivity contribution in [2.45, 2.75) is 0 Å². The van der Waals surface area contributed by atoms with Crippen LogP contribution in [0.1, 0.15) is 15.9 Å². The first-order chi connectivity index (χ1) is 12.4. The number of amides is 2. The van der Waals surface area contributed by atoms with E-state index in [0.29, 0.717) is 16.3 Å². The Morgan fingerprint density at radius 3 is 2.38 bits per heavy atom. The molecule has 0 fully saturated rings. The Bertz CT molecular complexity index is 855. The summed E-state index contributed by atoms with van der Waals surface area (Å²) in [7, 11) is 2.77. The number of rotatable bonds is 5. The summed E-state index contributed by atoms with van der Waals surface area (Å²) in [5, 5.41) is 0.351. The van der Waals surface area contributed by atoms with Gasteiger partial charge >= 0.3 is 0 Å². The zero-order valence-corrected chi connectivity index (χ0v) is 14.8. The van der Waals surface area contributed by atoms with Gasteiger partial charge in [0.25, 0.3) is 11.8 Å². The molecule has 0 aliphatic rings. The van der Waals surface area contributed by atoms with E-state index >= 15 is 0 Å². The molecule has 0 saturated heterocycles. The van der Waals surface area contributed by atoms with E-state index in [1.807, 2.05) is 0 Å². The molecule has 0 atom stereocenters. The Kier molecular flexibility index (Phi) is 6.57. The van der Waals surface area contributed by atoms with Crippen molar-refractivity contribution in [2.24, 2.45) is 0 Å². The van der Waals surface area contributed by atoms with Gasteiger partial charge in [0.05, 0.1) is 19.8 Å². The Morgan fingerprint density at radius 2 is 1.73 bits per heavy atom. The third-order valence-electron chi connectivity index (χ3n) is 3.31. The Hall–Kier alpha value is -3.06. The highest BCUT2D eigenvalue weighted by atomic mass is 35.5. The van der Waals surface area contributed by atoms with E-state index in [9.17, 15) is 14.0 Å². The summed E-state index contributed by atoms with van der Waals surface area (Å²) < 4.78 is 23.5. The second-order valence-electron chi connectivity index (χ2n) is 5.02. The molecule has 2 aromatic carbocycles. The molecule has 26 heavy (non-hydrogen) atoms. The second-order valence-corrected chi connectivity index (χ2v) is 5.45. The quantitative estimate of drug-likeness (QED) is 0.619. The fourth-order valence-corrected chi connectivity index (χ4v) is 2.22. The highest BCUT2D eigenvalue weighted by molar-refractivity contribution is 6.31. The van der Waals surface area contributed by atoms with Crippen LogP contribution in [0.15, 0.2) is 42.5 Å². The third kappa shape index (κ3) is 4.97. The molecule has 2 amide bonds. The molecule has 0 heterocycles. The van der Waals surface area contributed by atoms with Crippen molar-refractivity contribution in [2.75, 3.05) is 14.2 Å². The first-order valence-electron chi connectivity index (χ1n) is 7.40. The van der Waals surface area contributed by atoms with Crippen LogP contribution in [-0.2, 0) is 4.79 Å². The van der Waals surface area contributed by atoms with Crippen LogP contribution < -0.4 is 20.3 Å². The standard InChI is InChI=1S/C18H16ClFN2O4/c1-25-15-7-5-12(19)10-13(15)18(24)22-21-17(23)8-4-11-3-6-16(26-2)14(20)9-11/h3-10H,1-2H3,(H,21,23)(H,22,24)/b8-4+. The lowest BCUT2D eigenvalue weighted by Gasteiger charge is -2.09. The molecule has 6 nitrogen and oxygen atoms in total. The summed E-state index contributed by atoms with van der Waals surface area (Å²) in [6, 6.07) is 8.78. The Morgan fingerprint density at radius 1 is 1.04 bits per heavy atom. The van der Waals surface area contributed by atoms with E-state index in [1.54, 1.807) is 12.1 Å². The van der Waals surface area contributed by atoms with Gasteiger partial charge in [-0.1, -0.05) is 17.7 Å². The molecular weight excluding hydrogens is 363 g/mol. The molecule has 0 radical (unpaired) electrons. The normalized spacial score (nSPS) is 10.5. The van der Waals surface area contributed by atoms with Crippen LogP contribution in [0.2, 0.25) is 5.02 Å². The minimum Gasteiger partial charge on any atom is -0.496 e. The largest absolute Gasteiger partial charge is 0.496 e. The van der Waals surface area contributed by atoms with Crippen molar-refractivity contribution in [3.05, 3.63) is 64.4 Å². The van der Waals surface area contributed by atoms with Crippen LogP contribution in [-0.4, -0.2) is 26.0 Å². The topological polar surface area (TPSA) is 76.7 Å². The van der Waals surface area contributed by atoms with Crippen LogP contribution in [0.5, 0.6) is 11.5 Å². The lowest BCUT2D eigenvalue weighted by molar-refractivity contribution is -0.117. The highest BCUT2D eigenvalue weighted by Gasteiger charge is 2.13. The number of nitrogens with one attached hydrogen (secondary N) is 2. The lowest BCUT2D eigenvalue weighted by Crippen LogP contribution is -2.40. The molecule has 0 aliphatic heterocycles. The Balaban J connectivity index is 1.97. The molecule has 136 valence electrons. The van der Waals surface area contributed by atoms with Crippen molar-refractivity contribution in [1.82, 2.24) is 10.9 Å². The predicted octanol–water partition coefficient (Wildman–Crippen LogP) is 2.97. The number of halogens is 2. The number of hydrogen-bond donors (Lipinski definition) is 2. The lowest BCUT2D eigenvalue weighted by atomic mass is 10.2. The maximum atomic E-state index is 13.6. The summed E-state index contributed by atoms with van der Waals surface area (Å²) in [4.78, 5) is 23.9. The van der Waals surface area contributed by atoms with Gasteiger partial charge in [0.2, 0.25) is 0 Å². The summed E-state index contributed by atoms with van der Waals surface area (Å²) in [6.45, 7) is 0. The van der Waals surface area contributed by atoms with Gasteiger partial charge in [-0.3, -0.25) is 20.4 Å².